The Kier molecular flexibility index (Phi) is 2.64. The second-order valence-electron chi connectivity index (χ2n) is 3.38. The van der Waals surface area contributed by atoms with Gasteiger partial charge < -0.3 is 11.1 Å². The third-order valence-electron chi connectivity index (χ3n) is 2.41. The lowest BCUT2D eigenvalue weighted by atomic mass is 9.95. The van der Waals surface area contributed by atoms with Crippen LogP contribution in [0.1, 0.15) is 5.69 Å². The summed E-state index contributed by atoms with van der Waals surface area (Å²) in [7, 11) is 0. The maximum atomic E-state index is 11.7. The van der Waals surface area contributed by atoms with Crippen molar-refractivity contribution in [3.8, 4) is 0 Å². The van der Waals surface area contributed by atoms with Gasteiger partial charge in [0.2, 0.25) is 0 Å². The number of halogens is 1. The molecule has 1 aliphatic heterocycles. The summed E-state index contributed by atoms with van der Waals surface area (Å²) >= 11 is 3.24. The van der Waals surface area contributed by atoms with Crippen molar-refractivity contribution >= 4 is 27.9 Å². The van der Waals surface area contributed by atoms with E-state index >= 15 is 0 Å². The molecule has 1 aliphatic rings. The summed E-state index contributed by atoms with van der Waals surface area (Å²) in [6.45, 7) is -0.0425. The standard InChI is InChI=1S/C9H9BrN4O2/c10-5-1-2-6(12-3-5)9(4-11)7(15)13-8(16)14-9/h1-3H,4,11H2,(H2,13,14,15,16). The van der Waals surface area contributed by atoms with Crippen molar-refractivity contribution < 1.29 is 9.59 Å². The number of aromatic nitrogens is 1. The molecule has 6 nitrogen and oxygen atoms in total. The SMILES string of the molecule is NCC1(c2ccc(Br)cn2)NC(=O)NC1=O. The molecule has 2 rings (SSSR count). The molecule has 1 unspecified atom stereocenters. The van der Waals surface area contributed by atoms with Gasteiger partial charge in [0.15, 0.2) is 5.54 Å². The van der Waals surface area contributed by atoms with Crippen molar-refractivity contribution in [2.24, 2.45) is 5.73 Å². The molecule has 0 aliphatic carbocycles. The molecule has 1 atom stereocenters. The van der Waals surface area contributed by atoms with Crippen LogP contribution in [0.4, 0.5) is 4.79 Å². The van der Waals surface area contributed by atoms with E-state index in [2.05, 4.69) is 31.5 Å². The number of hydrogen-bond acceptors (Lipinski definition) is 4. The van der Waals surface area contributed by atoms with E-state index in [0.717, 1.165) is 4.47 Å². The zero-order chi connectivity index (χ0) is 11.8. The molecule has 0 bridgehead atoms. The molecule has 1 fully saturated rings. The average Bonchev–Trinajstić information content (AvgIpc) is 2.55. The van der Waals surface area contributed by atoms with Crippen molar-refractivity contribution in [2.45, 2.75) is 5.54 Å². The van der Waals surface area contributed by atoms with Gasteiger partial charge in [0, 0.05) is 17.2 Å². The quantitative estimate of drug-likeness (QED) is 0.658. The molecule has 1 aromatic heterocycles. The molecule has 2 heterocycles. The highest BCUT2D eigenvalue weighted by Gasteiger charge is 2.47. The molecule has 1 saturated heterocycles. The topological polar surface area (TPSA) is 97.1 Å². The summed E-state index contributed by atoms with van der Waals surface area (Å²) in [5, 5.41) is 4.65. The zero-order valence-corrected chi connectivity index (χ0v) is 9.74. The first-order valence-electron chi connectivity index (χ1n) is 4.54. The van der Waals surface area contributed by atoms with Gasteiger partial charge in [0.25, 0.3) is 5.91 Å². The number of pyridine rings is 1. The van der Waals surface area contributed by atoms with Gasteiger partial charge in [-0.05, 0) is 28.1 Å². The molecule has 84 valence electrons. The zero-order valence-electron chi connectivity index (χ0n) is 8.16. The van der Waals surface area contributed by atoms with Gasteiger partial charge >= 0.3 is 6.03 Å². The first kappa shape index (κ1) is 11.0. The highest BCUT2D eigenvalue weighted by Crippen LogP contribution is 2.22. The number of carbonyl (C=O) groups is 2. The number of nitrogens with zero attached hydrogens (tertiary/aromatic N) is 1. The second kappa shape index (κ2) is 3.84. The summed E-state index contributed by atoms with van der Waals surface area (Å²) in [6.07, 6.45) is 1.55. The van der Waals surface area contributed by atoms with E-state index in [1.54, 1.807) is 18.3 Å². The molecule has 1 aromatic rings. The summed E-state index contributed by atoms with van der Waals surface area (Å²) in [5.41, 5.74) is 4.73. The Labute approximate surface area is 99.7 Å². The van der Waals surface area contributed by atoms with Gasteiger partial charge in [-0.3, -0.25) is 15.1 Å². The number of nitrogens with two attached hydrogens (primary N) is 1. The predicted octanol–water partition coefficient (Wildman–Crippen LogP) is -0.162. The molecule has 0 aromatic carbocycles. The second-order valence-corrected chi connectivity index (χ2v) is 4.30. The number of imide groups is 1. The van der Waals surface area contributed by atoms with Crippen LogP contribution in [0.2, 0.25) is 0 Å². The van der Waals surface area contributed by atoms with Crippen LogP contribution in [-0.4, -0.2) is 23.5 Å². The number of rotatable bonds is 2. The first-order valence-corrected chi connectivity index (χ1v) is 5.33. The lowest BCUT2D eigenvalue weighted by Gasteiger charge is -2.23. The Hall–Kier alpha value is -1.47. The van der Waals surface area contributed by atoms with Crippen LogP contribution in [0.15, 0.2) is 22.8 Å². The fourth-order valence-electron chi connectivity index (χ4n) is 1.55. The Morgan fingerprint density at radius 2 is 2.19 bits per heavy atom. The van der Waals surface area contributed by atoms with Crippen molar-refractivity contribution in [1.82, 2.24) is 15.6 Å². The van der Waals surface area contributed by atoms with Crippen molar-refractivity contribution in [3.63, 3.8) is 0 Å². The fraction of sp³-hybridized carbons (Fsp3) is 0.222. The monoisotopic (exact) mass is 284 g/mol. The molecule has 16 heavy (non-hydrogen) atoms. The largest absolute Gasteiger partial charge is 0.327 e. The predicted molar refractivity (Wildman–Crippen MR) is 59.3 cm³/mol. The third-order valence-corrected chi connectivity index (χ3v) is 2.88. The van der Waals surface area contributed by atoms with Gasteiger partial charge in [0.05, 0.1) is 5.69 Å². The third kappa shape index (κ3) is 1.57. The van der Waals surface area contributed by atoms with E-state index in [1.807, 2.05) is 0 Å². The van der Waals surface area contributed by atoms with Crippen LogP contribution >= 0.6 is 15.9 Å². The maximum absolute atomic E-state index is 11.7. The smallest absolute Gasteiger partial charge is 0.322 e. The number of hydrogen-bond donors (Lipinski definition) is 3. The molecule has 0 saturated carbocycles. The lowest BCUT2D eigenvalue weighted by molar-refractivity contribution is -0.124. The minimum Gasteiger partial charge on any atom is -0.327 e. The molecule has 0 spiro atoms. The Morgan fingerprint density at radius 3 is 2.62 bits per heavy atom. The van der Waals surface area contributed by atoms with Crippen molar-refractivity contribution in [3.05, 3.63) is 28.5 Å². The van der Waals surface area contributed by atoms with Crippen molar-refractivity contribution in [1.29, 1.82) is 0 Å². The van der Waals surface area contributed by atoms with E-state index in [0.29, 0.717) is 5.69 Å². The van der Waals surface area contributed by atoms with Gasteiger partial charge in [-0.1, -0.05) is 0 Å². The van der Waals surface area contributed by atoms with Crippen LogP contribution in [0.5, 0.6) is 0 Å². The molecule has 4 N–H and O–H groups in total. The van der Waals surface area contributed by atoms with E-state index < -0.39 is 17.5 Å². The van der Waals surface area contributed by atoms with Crippen LogP contribution in [0.3, 0.4) is 0 Å². The number of amides is 3. The van der Waals surface area contributed by atoms with E-state index in [-0.39, 0.29) is 6.54 Å². The van der Waals surface area contributed by atoms with Crippen LogP contribution < -0.4 is 16.4 Å². The average molecular weight is 285 g/mol. The maximum Gasteiger partial charge on any atom is 0.322 e. The van der Waals surface area contributed by atoms with E-state index in [4.69, 9.17) is 5.73 Å². The number of urea groups is 1. The Morgan fingerprint density at radius 1 is 1.44 bits per heavy atom. The summed E-state index contributed by atoms with van der Waals surface area (Å²) in [5.74, 6) is -0.477. The lowest BCUT2D eigenvalue weighted by Crippen LogP contribution is -2.50. The Bertz CT molecular complexity index is 447. The van der Waals surface area contributed by atoms with Crippen LogP contribution in [0.25, 0.3) is 0 Å². The normalized spacial score (nSPS) is 24.1. The Balaban J connectivity index is 2.46. The first-order chi connectivity index (χ1) is 7.58. The molecular formula is C9H9BrN4O2. The van der Waals surface area contributed by atoms with Gasteiger partial charge in [-0.2, -0.15) is 0 Å². The molecule has 3 amide bonds. The summed E-state index contributed by atoms with van der Waals surface area (Å²) in [4.78, 5) is 26.9. The van der Waals surface area contributed by atoms with E-state index in [9.17, 15) is 9.59 Å². The molecule has 7 heteroatoms. The van der Waals surface area contributed by atoms with E-state index in [1.165, 1.54) is 0 Å². The van der Waals surface area contributed by atoms with Crippen molar-refractivity contribution in [2.75, 3.05) is 6.54 Å². The van der Waals surface area contributed by atoms with Gasteiger partial charge in [-0.25, -0.2) is 4.79 Å². The summed E-state index contributed by atoms with van der Waals surface area (Å²) < 4.78 is 0.785. The van der Waals surface area contributed by atoms with Gasteiger partial charge in [0.1, 0.15) is 0 Å². The minimum absolute atomic E-state index is 0.0425. The van der Waals surface area contributed by atoms with Crippen LogP contribution in [0, 0.1) is 0 Å². The molecule has 0 radical (unpaired) electrons. The van der Waals surface area contributed by atoms with Crippen LogP contribution in [-0.2, 0) is 10.3 Å². The number of nitrogens with one attached hydrogen (secondary N) is 2. The highest BCUT2D eigenvalue weighted by molar-refractivity contribution is 9.10. The summed E-state index contributed by atoms with van der Waals surface area (Å²) in [6, 6.07) is 2.82. The minimum atomic E-state index is -1.25. The van der Waals surface area contributed by atoms with Gasteiger partial charge in [-0.15, -0.1) is 0 Å². The fourth-order valence-corrected chi connectivity index (χ4v) is 1.78. The molecular weight excluding hydrogens is 276 g/mol. The highest BCUT2D eigenvalue weighted by atomic mass is 79.9. The number of carbonyl (C=O) groups excluding carboxylic acids is 2.